The van der Waals surface area contributed by atoms with E-state index in [1.807, 2.05) is 37.9 Å². The van der Waals surface area contributed by atoms with Crippen LogP contribution in [0.4, 0.5) is 0 Å². The van der Waals surface area contributed by atoms with Gasteiger partial charge in [-0.15, -0.1) is 0 Å². The largest absolute Gasteiger partial charge is 0.489 e. The average Bonchev–Trinajstić information content (AvgIpc) is 3.03. The molecule has 1 spiro atoms. The van der Waals surface area contributed by atoms with Gasteiger partial charge >= 0.3 is 0 Å². The van der Waals surface area contributed by atoms with Gasteiger partial charge in [-0.3, -0.25) is 9.69 Å². The van der Waals surface area contributed by atoms with E-state index < -0.39 is 0 Å². The van der Waals surface area contributed by atoms with Gasteiger partial charge in [-0.25, -0.2) is 0 Å². The molecule has 1 amide bonds. The van der Waals surface area contributed by atoms with E-state index in [-0.39, 0.29) is 11.4 Å². The van der Waals surface area contributed by atoms with Gasteiger partial charge in [0.1, 0.15) is 18.1 Å². The molecule has 6 heteroatoms. The monoisotopic (exact) mass is 397 g/mol. The van der Waals surface area contributed by atoms with Crippen molar-refractivity contribution in [2.24, 2.45) is 0 Å². The Morgan fingerprint density at radius 2 is 2.00 bits per heavy atom. The van der Waals surface area contributed by atoms with E-state index in [1.165, 1.54) is 37.7 Å². The highest BCUT2D eigenvalue weighted by atomic mass is 16.5. The lowest BCUT2D eigenvalue weighted by Crippen LogP contribution is -2.63. The van der Waals surface area contributed by atoms with Crippen LogP contribution in [0.3, 0.4) is 0 Å². The molecule has 1 saturated carbocycles. The third kappa shape index (κ3) is 4.17. The minimum Gasteiger partial charge on any atom is -0.489 e. The fourth-order valence-electron chi connectivity index (χ4n) is 4.81. The van der Waals surface area contributed by atoms with Gasteiger partial charge in [0, 0.05) is 25.7 Å². The van der Waals surface area contributed by atoms with Crippen LogP contribution in [0.5, 0.6) is 5.75 Å². The average molecular weight is 398 g/mol. The van der Waals surface area contributed by atoms with Crippen LogP contribution in [0.25, 0.3) is 0 Å². The molecule has 2 heterocycles. The number of nitrogens with zero attached hydrogens (tertiary/aromatic N) is 3. The Hall–Kier alpha value is -2.34. The summed E-state index contributed by atoms with van der Waals surface area (Å²) >= 11 is 0. The summed E-state index contributed by atoms with van der Waals surface area (Å²) in [6.45, 7) is 6.40. The molecule has 1 aromatic carbocycles. The maximum Gasteiger partial charge on any atom is 0.236 e. The van der Waals surface area contributed by atoms with Gasteiger partial charge in [0.05, 0.1) is 17.8 Å². The van der Waals surface area contributed by atoms with Gasteiger partial charge in [-0.1, -0.05) is 36.6 Å². The molecule has 1 saturated heterocycles. The summed E-state index contributed by atoms with van der Waals surface area (Å²) in [4.78, 5) is 16.8. The quantitative estimate of drug-likeness (QED) is 0.767. The zero-order chi connectivity index (χ0) is 20.4. The third-order valence-corrected chi connectivity index (χ3v) is 6.57. The molecule has 4 rings (SSSR count). The van der Waals surface area contributed by atoms with Crippen molar-refractivity contribution in [1.29, 1.82) is 0 Å². The predicted molar refractivity (Wildman–Crippen MR) is 111 cm³/mol. The second-order valence-corrected chi connectivity index (χ2v) is 8.63. The molecule has 1 aliphatic heterocycles. The number of piperazine rings is 1. The zero-order valence-corrected chi connectivity index (χ0v) is 17.7. The van der Waals surface area contributed by atoms with E-state index >= 15 is 0 Å². The molecule has 1 aliphatic carbocycles. The van der Waals surface area contributed by atoms with Gasteiger partial charge in [0.2, 0.25) is 5.91 Å². The van der Waals surface area contributed by atoms with Gasteiger partial charge in [-0.05, 0) is 44.4 Å². The van der Waals surface area contributed by atoms with Crippen LogP contribution in [0, 0.1) is 13.8 Å². The highest BCUT2D eigenvalue weighted by molar-refractivity contribution is 5.79. The molecule has 0 radical (unpaired) electrons. The Bertz CT molecular complexity index is 851. The molecular formula is C23H31N3O3. The smallest absolute Gasteiger partial charge is 0.236 e. The van der Waals surface area contributed by atoms with Crippen LogP contribution in [0.1, 0.15) is 54.7 Å². The molecule has 0 N–H and O–H groups in total. The molecule has 2 aliphatic rings. The van der Waals surface area contributed by atoms with Crippen LogP contribution in [-0.4, -0.2) is 46.5 Å². The SMILES string of the molecule is Cc1noc(C)c1COc1cccc(CN2CC(=O)N(C)CC23CCCCC3)c1. The Morgan fingerprint density at radius 1 is 1.21 bits per heavy atom. The predicted octanol–water partition coefficient (Wildman–Crippen LogP) is 3.85. The van der Waals surface area contributed by atoms with E-state index in [4.69, 9.17) is 9.26 Å². The lowest BCUT2D eigenvalue weighted by molar-refractivity contribution is -0.144. The first-order chi connectivity index (χ1) is 14.0. The summed E-state index contributed by atoms with van der Waals surface area (Å²) in [5.41, 5.74) is 3.17. The second kappa shape index (κ2) is 8.19. The summed E-state index contributed by atoms with van der Waals surface area (Å²) in [6, 6.07) is 8.23. The van der Waals surface area contributed by atoms with E-state index in [9.17, 15) is 4.79 Å². The number of aromatic nitrogens is 1. The Balaban J connectivity index is 1.48. The number of carbonyl (C=O) groups is 1. The number of hydrogen-bond donors (Lipinski definition) is 0. The van der Waals surface area contributed by atoms with Crippen molar-refractivity contribution in [2.45, 2.75) is 64.6 Å². The van der Waals surface area contributed by atoms with Crippen molar-refractivity contribution < 1.29 is 14.1 Å². The number of amides is 1. The number of likely N-dealkylation sites (N-methyl/N-ethyl adjacent to an activating group) is 1. The summed E-state index contributed by atoms with van der Waals surface area (Å²) in [7, 11) is 1.94. The molecule has 156 valence electrons. The van der Waals surface area contributed by atoms with Crippen molar-refractivity contribution in [2.75, 3.05) is 20.1 Å². The highest BCUT2D eigenvalue weighted by Crippen LogP contribution is 2.37. The number of ether oxygens (including phenoxy) is 1. The topological polar surface area (TPSA) is 58.8 Å². The number of aryl methyl sites for hydroxylation is 2. The van der Waals surface area contributed by atoms with E-state index in [2.05, 4.69) is 22.2 Å². The standard InChI is InChI=1S/C23H31N3O3/c1-17-21(18(2)29-24-17)15-28-20-9-7-8-19(12-20)13-26-14-22(27)25(3)16-23(26)10-5-4-6-11-23/h7-9,12H,4-6,10-11,13-16H2,1-3H3. The Morgan fingerprint density at radius 3 is 2.72 bits per heavy atom. The summed E-state index contributed by atoms with van der Waals surface area (Å²) in [6.07, 6.45) is 6.15. The van der Waals surface area contributed by atoms with Crippen molar-refractivity contribution in [3.8, 4) is 5.75 Å². The van der Waals surface area contributed by atoms with E-state index in [1.54, 1.807) is 0 Å². The first-order valence-electron chi connectivity index (χ1n) is 10.6. The Labute approximate surface area is 172 Å². The third-order valence-electron chi connectivity index (χ3n) is 6.57. The van der Waals surface area contributed by atoms with Crippen molar-refractivity contribution in [3.63, 3.8) is 0 Å². The molecule has 2 fully saturated rings. The van der Waals surface area contributed by atoms with E-state index in [0.29, 0.717) is 13.2 Å². The van der Waals surface area contributed by atoms with Crippen LogP contribution < -0.4 is 4.74 Å². The molecule has 2 aromatic rings. The van der Waals surface area contributed by atoms with Gasteiger partial charge in [0.15, 0.2) is 0 Å². The number of benzene rings is 1. The normalized spacial score (nSPS) is 19.7. The number of carbonyl (C=O) groups excluding carboxylic acids is 1. The van der Waals surface area contributed by atoms with E-state index in [0.717, 1.165) is 35.9 Å². The maximum absolute atomic E-state index is 12.4. The van der Waals surface area contributed by atoms with Gasteiger partial charge < -0.3 is 14.2 Å². The highest BCUT2D eigenvalue weighted by Gasteiger charge is 2.43. The fourth-order valence-corrected chi connectivity index (χ4v) is 4.81. The van der Waals surface area contributed by atoms with Crippen molar-refractivity contribution in [1.82, 2.24) is 15.0 Å². The van der Waals surface area contributed by atoms with Gasteiger partial charge in [-0.2, -0.15) is 0 Å². The second-order valence-electron chi connectivity index (χ2n) is 8.63. The minimum absolute atomic E-state index is 0.120. The van der Waals surface area contributed by atoms with Crippen LogP contribution in [-0.2, 0) is 17.9 Å². The fraction of sp³-hybridized carbons (Fsp3) is 0.565. The maximum atomic E-state index is 12.4. The number of hydrogen-bond acceptors (Lipinski definition) is 5. The lowest BCUT2D eigenvalue weighted by Gasteiger charge is -2.51. The Kier molecular flexibility index (Phi) is 5.63. The van der Waals surface area contributed by atoms with Crippen molar-refractivity contribution in [3.05, 3.63) is 46.8 Å². The molecular weight excluding hydrogens is 366 g/mol. The molecule has 6 nitrogen and oxygen atoms in total. The van der Waals surface area contributed by atoms with Gasteiger partial charge in [0.25, 0.3) is 0 Å². The summed E-state index contributed by atoms with van der Waals surface area (Å²) in [5.74, 6) is 1.85. The zero-order valence-electron chi connectivity index (χ0n) is 17.7. The molecule has 29 heavy (non-hydrogen) atoms. The molecule has 0 unspecified atom stereocenters. The molecule has 0 atom stereocenters. The van der Waals surface area contributed by atoms with Crippen molar-refractivity contribution >= 4 is 5.91 Å². The van der Waals surface area contributed by atoms with Crippen LogP contribution in [0.15, 0.2) is 28.8 Å². The minimum atomic E-state index is 0.120. The lowest BCUT2D eigenvalue weighted by atomic mass is 9.78. The van der Waals surface area contributed by atoms with Crippen LogP contribution in [0.2, 0.25) is 0 Å². The summed E-state index contributed by atoms with van der Waals surface area (Å²) < 4.78 is 11.2. The first kappa shape index (κ1) is 20.0. The molecule has 1 aromatic heterocycles. The molecule has 0 bridgehead atoms. The van der Waals surface area contributed by atoms with Crippen LogP contribution >= 0.6 is 0 Å². The first-order valence-corrected chi connectivity index (χ1v) is 10.6. The number of rotatable bonds is 5. The summed E-state index contributed by atoms with van der Waals surface area (Å²) in [5, 5.41) is 3.99.